The Bertz CT molecular complexity index is 733. The van der Waals surface area contributed by atoms with Crippen molar-refractivity contribution in [1.29, 1.82) is 0 Å². The van der Waals surface area contributed by atoms with Gasteiger partial charge >= 0.3 is 12.1 Å². The average molecular weight is 345 g/mol. The minimum atomic E-state index is -1.11. The van der Waals surface area contributed by atoms with E-state index >= 15 is 0 Å². The van der Waals surface area contributed by atoms with E-state index in [1.807, 2.05) is 30.3 Å². The number of carboxylic acids is 1. The molecule has 2 aromatic rings. The van der Waals surface area contributed by atoms with Crippen LogP contribution in [0.3, 0.4) is 0 Å². The zero-order valence-electron chi connectivity index (χ0n) is 12.6. The summed E-state index contributed by atoms with van der Waals surface area (Å²) in [5.74, 6) is -1.11. The molecule has 24 heavy (non-hydrogen) atoms. The molecule has 0 unspecified atom stereocenters. The molecule has 124 valence electrons. The number of carbonyl (C=O) groups excluding carboxylic acids is 2. The standard InChI is InChI=1S/C17H15NO5S/c19-15(24-14-9-5-4-8-13(14)16(20)21)10-18-17(22)23-11-12-6-2-1-3-7-12/h1-9H,10-11H2,(H,18,22)(H,20,21). The molecule has 0 saturated heterocycles. The number of benzene rings is 2. The van der Waals surface area contributed by atoms with Crippen LogP contribution in [-0.2, 0) is 16.1 Å². The highest BCUT2D eigenvalue weighted by molar-refractivity contribution is 8.13. The summed E-state index contributed by atoms with van der Waals surface area (Å²) in [6.07, 6.45) is -0.709. The van der Waals surface area contributed by atoms with Gasteiger partial charge in [0, 0.05) is 4.90 Å². The molecule has 0 aliphatic carbocycles. The maximum Gasteiger partial charge on any atom is 0.407 e. The van der Waals surface area contributed by atoms with Gasteiger partial charge < -0.3 is 15.2 Å². The van der Waals surface area contributed by atoms with E-state index in [4.69, 9.17) is 9.84 Å². The Kier molecular flexibility index (Phi) is 6.39. The normalized spacial score (nSPS) is 10.0. The zero-order chi connectivity index (χ0) is 17.4. The monoisotopic (exact) mass is 345 g/mol. The van der Waals surface area contributed by atoms with Gasteiger partial charge in [0.15, 0.2) is 0 Å². The third-order valence-corrected chi connectivity index (χ3v) is 3.88. The van der Waals surface area contributed by atoms with Crippen LogP contribution >= 0.6 is 11.8 Å². The number of nitrogens with one attached hydrogen (secondary N) is 1. The molecule has 0 fully saturated rings. The molecule has 6 nitrogen and oxygen atoms in total. The fourth-order valence-corrected chi connectivity index (χ4v) is 2.61. The van der Waals surface area contributed by atoms with Gasteiger partial charge in [-0.05, 0) is 29.5 Å². The lowest BCUT2D eigenvalue weighted by Gasteiger charge is -2.07. The third-order valence-electron chi connectivity index (χ3n) is 2.93. The fourth-order valence-electron chi connectivity index (χ4n) is 1.81. The topological polar surface area (TPSA) is 92.7 Å². The van der Waals surface area contributed by atoms with Crippen LogP contribution in [0.15, 0.2) is 59.5 Å². The smallest absolute Gasteiger partial charge is 0.407 e. The lowest BCUT2D eigenvalue weighted by Crippen LogP contribution is -2.28. The minimum absolute atomic E-state index is 0.0440. The number of carbonyl (C=O) groups is 3. The predicted molar refractivity (Wildman–Crippen MR) is 88.9 cm³/mol. The Morgan fingerprint density at radius 1 is 1.00 bits per heavy atom. The largest absolute Gasteiger partial charge is 0.478 e. The van der Waals surface area contributed by atoms with Crippen molar-refractivity contribution in [2.45, 2.75) is 11.5 Å². The number of aromatic carboxylic acids is 1. The zero-order valence-corrected chi connectivity index (χ0v) is 13.4. The summed E-state index contributed by atoms with van der Waals surface area (Å²) in [5.41, 5.74) is 0.881. The van der Waals surface area contributed by atoms with E-state index in [1.54, 1.807) is 18.2 Å². The Morgan fingerprint density at radius 3 is 2.38 bits per heavy atom. The number of ether oxygens (including phenoxy) is 1. The van der Waals surface area contributed by atoms with Gasteiger partial charge in [-0.1, -0.05) is 42.5 Å². The molecule has 0 bridgehead atoms. The second-order valence-electron chi connectivity index (χ2n) is 4.69. The minimum Gasteiger partial charge on any atom is -0.478 e. The summed E-state index contributed by atoms with van der Waals surface area (Å²) >= 11 is 0.765. The number of carboxylic acid groups (broad SMARTS) is 1. The molecule has 2 aromatic carbocycles. The predicted octanol–water partition coefficient (Wildman–Crippen LogP) is 2.93. The van der Waals surface area contributed by atoms with Crippen LogP contribution in [0.2, 0.25) is 0 Å². The van der Waals surface area contributed by atoms with E-state index in [-0.39, 0.29) is 23.8 Å². The van der Waals surface area contributed by atoms with Crippen molar-refractivity contribution < 1.29 is 24.2 Å². The van der Waals surface area contributed by atoms with Gasteiger partial charge in [0.25, 0.3) is 0 Å². The van der Waals surface area contributed by atoms with Crippen LogP contribution in [0.4, 0.5) is 4.79 Å². The first-order valence-electron chi connectivity index (χ1n) is 7.04. The van der Waals surface area contributed by atoms with Crippen LogP contribution in [0.1, 0.15) is 15.9 Å². The van der Waals surface area contributed by atoms with Gasteiger partial charge in [-0.3, -0.25) is 4.79 Å². The van der Waals surface area contributed by atoms with Gasteiger partial charge in [0.2, 0.25) is 5.12 Å². The molecule has 0 spiro atoms. The van der Waals surface area contributed by atoms with Gasteiger partial charge in [-0.2, -0.15) is 0 Å². The highest BCUT2D eigenvalue weighted by atomic mass is 32.2. The SMILES string of the molecule is O=C(NCC(=O)Sc1ccccc1C(=O)O)OCc1ccccc1. The molecule has 0 radical (unpaired) electrons. The van der Waals surface area contributed by atoms with Crippen LogP contribution in [-0.4, -0.2) is 28.8 Å². The summed E-state index contributed by atoms with van der Waals surface area (Å²) in [6, 6.07) is 15.3. The summed E-state index contributed by atoms with van der Waals surface area (Å²) in [4.78, 5) is 34.8. The number of hydrogen-bond acceptors (Lipinski definition) is 5. The summed E-state index contributed by atoms with van der Waals surface area (Å²) < 4.78 is 4.99. The number of hydrogen-bond donors (Lipinski definition) is 2. The average Bonchev–Trinajstić information content (AvgIpc) is 2.59. The molecular weight excluding hydrogens is 330 g/mol. The quantitative estimate of drug-likeness (QED) is 0.782. The first kappa shape index (κ1) is 17.6. The maximum absolute atomic E-state index is 11.9. The lowest BCUT2D eigenvalue weighted by molar-refractivity contribution is -0.110. The highest BCUT2D eigenvalue weighted by Gasteiger charge is 2.14. The second-order valence-corrected chi connectivity index (χ2v) is 5.79. The third kappa shape index (κ3) is 5.44. The van der Waals surface area contributed by atoms with Crippen molar-refractivity contribution in [2.75, 3.05) is 6.54 Å². The van der Waals surface area contributed by atoms with E-state index in [0.717, 1.165) is 17.3 Å². The molecule has 0 heterocycles. The van der Waals surface area contributed by atoms with Crippen molar-refractivity contribution >= 4 is 28.9 Å². The van der Waals surface area contributed by atoms with Crippen molar-refractivity contribution in [1.82, 2.24) is 5.32 Å². The van der Waals surface area contributed by atoms with Crippen molar-refractivity contribution in [3.05, 3.63) is 65.7 Å². The molecule has 0 aliphatic heterocycles. The molecule has 2 rings (SSSR count). The molecule has 0 atom stereocenters. The lowest BCUT2D eigenvalue weighted by atomic mass is 10.2. The van der Waals surface area contributed by atoms with Crippen LogP contribution in [0.25, 0.3) is 0 Å². The van der Waals surface area contributed by atoms with Gasteiger partial charge in [0.05, 0.1) is 12.1 Å². The van der Waals surface area contributed by atoms with Crippen LogP contribution in [0.5, 0.6) is 0 Å². The Balaban J connectivity index is 1.79. The first-order valence-corrected chi connectivity index (χ1v) is 7.85. The maximum atomic E-state index is 11.9. The molecule has 0 saturated carbocycles. The van der Waals surface area contributed by atoms with E-state index in [0.29, 0.717) is 4.90 Å². The summed E-state index contributed by atoms with van der Waals surface area (Å²) in [6.45, 7) is -0.151. The number of amides is 1. The van der Waals surface area contributed by atoms with E-state index in [1.165, 1.54) is 6.07 Å². The molecule has 0 aromatic heterocycles. The first-order chi connectivity index (χ1) is 11.6. The van der Waals surface area contributed by atoms with Gasteiger partial charge in [0.1, 0.15) is 6.61 Å². The number of thioether (sulfide) groups is 1. The van der Waals surface area contributed by atoms with Crippen molar-refractivity contribution in [3.63, 3.8) is 0 Å². The van der Waals surface area contributed by atoms with E-state index in [9.17, 15) is 14.4 Å². The Hall–Kier alpha value is -2.80. The second kappa shape index (κ2) is 8.73. The molecule has 7 heteroatoms. The van der Waals surface area contributed by atoms with E-state index < -0.39 is 12.1 Å². The van der Waals surface area contributed by atoms with E-state index in [2.05, 4.69) is 5.32 Å². The molecule has 1 amide bonds. The van der Waals surface area contributed by atoms with Crippen molar-refractivity contribution in [2.24, 2.45) is 0 Å². The van der Waals surface area contributed by atoms with Gasteiger partial charge in [-0.15, -0.1) is 0 Å². The number of alkyl carbamates (subject to hydrolysis) is 1. The fraction of sp³-hybridized carbons (Fsp3) is 0.118. The summed E-state index contributed by atoms with van der Waals surface area (Å²) in [5, 5.41) is 11.0. The van der Waals surface area contributed by atoms with Crippen LogP contribution in [0, 0.1) is 0 Å². The highest BCUT2D eigenvalue weighted by Crippen LogP contribution is 2.23. The Labute approximate surface area is 142 Å². The van der Waals surface area contributed by atoms with Gasteiger partial charge in [-0.25, -0.2) is 9.59 Å². The molecular formula is C17H15NO5S. The molecule has 0 aliphatic rings. The number of rotatable bonds is 6. The van der Waals surface area contributed by atoms with Crippen LogP contribution < -0.4 is 5.32 Å². The molecule has 2 N–H and O–H groups in total. The summed E-state index contributed by atoms with van der Waals surface area (Å²) in [7, 11) is 0. The Morgan fingerprint density at radius 2 is 1.67 bits per heavy atom. The van der Waals surface area contributed by atoms with Crippen molar-refractivity contribution in [3.8, 4) is 0 Å².